The van der Waals surface area contributed by atoms with Crippen LogP contribution in [0.25, 0.3) is 0 Å². The second kappa shape index (κ2) is 4.45. The minimum atomic E-state index is -4.23. The van der Waals surface area contributed by atoms with Crippen molar-refractivity contribution in [2.45, 2.75) is 4.90 Å². The lowest BCUT2D eigenvalue weighted by molar-refractivity contribution is 0.253. The summed E-state index contributed by atoms with van der Waals surface area (Å²) in [5.41, 5.74) is 9.85. The minimum Gasteiger partial charge on any atom is -0.492 e. The molecule has 0 saturated carbocycles. The zero-order chi connectivity index (χ0) is 13.2. The number of nitrogen functional groups attached to an aromatic ring is 1. The molecule has 0 aliphatic heterocycles. The zero-order valence-electron chi connectivity index (χ0n) is 8.73. The number of sulfonamides is 1. The van der Waals surface area contributed by atoms with Crippen LogP contribution in [0.2, 0.25) is 0 Å². The fraction of sp³-hybridized carbons (Fsp3) is 0.125. The first-order valence-electron chi connectivity index (χ1n) is 4.23. The number of nitrogens with two attached hydrogens (primary N) is 2. The van der Waals surface area contributed by atoms with Crippen molar-refractivity contribution in [3.05, 3.63) is 17.9 Å². The summed E-state index contributed by atoms with van der Waals surface area (Å²) in [6.45, 7) is 0. The molecule has 0 aliphatic carbocycles. The maximum absolute atomic E-state index is 13.4. The molecule has 7 nitrogen and oxygen atoms in total. The van der Waals surface area contributed by atoms with Gasteiger partial charge in [-0.1, -0.05) is 0 Å². The Morgan fingerprint density at radius 1 is 1.47 bits per heavy atom. The summed E-state index contributed by atoms with van der Waals surface area (Å²) in [5.74, 6) is -1.24. The Morgan fingerprint density at radius 3 is 2.47 bits per heavy atom. The molecule has 0 fully saturated rings. The van der Waals surface area contributed by atoms with E-state index in [1.807, 2.05) is 0 Å². The average Bonchev–Trinajstić information content (AvgIpc) is 2.14. The summed E-state index contributed by atoms with van der Waals surface area (Å²) in [5, 5.41) is 0. The van der Waals surface area contributed by atoms with Crippen LogP contribution in [0.4, 0.5) is 14.9 Å². The summed E-state index contributed by atoms with van der Waals surface area (Å²) in [6.07, 6.45) is 0. The van der Waals surface area contributed by atoms with Gasteiger partial charge in [0.2, 0.25) is 0 Å². The van der Waals surface area contributed by atoms with Crippen molar-refractivity contribution >= 4 is 21.7 Å². The number of primary amides is 1. The van der Waals surface area contributed by atoms with Gasteiger partial charge in [0.05, 0.1) is 17.7 Å². The van der Waals surface area contributed by atoms with Gasteiger partial charge >= 0.3 is 6.03 Å². The predicted molar refractivity (Wildman–Crippen MR) is 57.3 cm³/mol. The minimum absolute atomic E-state index is 0.211. The van der Waals surface area contributed by atoms with E-state index in [2.05, 4.69) is 10.5 Å². The molecule has 0 unspecified atom stereocenters. The largest absolute Gasteiger partial charge is 0.492 e. The van der Waals surface area contributed by atoms with Gasteiger partial charge in [0.25, 0.3) is 10.0 Å². The van der Waals surface area contributed by atoms with E-state index in [0.29, 0.717) is 6.07 Å². The highest BCUT2D eigenvalue weighted by Crippen LogP contribution is 2.28. The van der Waals surface area contributed by atoms with Crippen LogP contribution in [0.1, 0.15) is 0 Å². The Hall–Kier alpha value is -2.03. The van der Waals surface area contributed by atoms with Gasteiger partial charge in [-0.05, 0) is 12.1 Å². The zero-order valence-corrected chi connectivity index (χ0v) is 9.55. The van der Waals surface area contributed by atoms with Crippen molar-refractivity contribution in [2.24, 2.45) is 5.73 Å². The third kappa shape index (κ3) is 2.75. The molecule has 0 atom stereocenters. The molecule has 1 aromatic carbocycles. The summed E-state index contributed by atoms with van der Waals surface area (Å²) >= 11 is 0. The number of methoxy groups -OCH3 is 1. The molecule has 2 amide bonds. The van der Waals surface area contributed by atoms with Crippen LogP contribution in [0, 0.1) is 5.82 Å². The number of nitrogens with one attached hydrogen (secondary N) is 1. The smallest absolute Gasteiger partial charge is 0.326 e. The number of carbonyl (C=O) groups excluding carboxylic acids is 1. The lowest BCUT2D eigenvalue weighted by Crippen LogP contribution is -2.35. The van der Waals surface area contributed by atoms with Crippen LogP contribution in [-0.2, 0) is 10.0 Å². The predicted octanol–water partition coefficient (Wildman–Crippen LogP) is -0.227. The monoisotopic (exact) mass is 263 g/mol. The Kier molecular flexibility index (Phi) is 3.42. The third-order valence-corrected chi connectivity index (χ3v) is 3.12. The molecule has 5 N–H and O–H groups in total. The molecule has 0 aromatic heterocycles. The van der Waals surface area contributed by atoms with Gasteiger partial charge in [0, 0.05) is 0 Å². The molecular weight excluding hydrogens is 253 g/mol. The van der Waals surface area contributed by atoms with E-state index in [-0.39, 0.29) is 11.4 Å². The summed E-state index contributed by atoms with van der Waals surface area (Å²) < 4.78 is 42.4. The number of rotatable bonds is 3. The molecular formula is C8H10FN3O4S. The summed E-state index contributed by atoms with van der Waals surface area (Å²) in [6, 6.07) is 0.341. The average molecular weight is 263 g/mol. The number of ether oxygens (including phenoxy) is 1. The quantitative estimate of drug-likeness (QED) is 0.650. The highest BCUT2D eigenvalue weighted by molar-refractivity contribution is 7.90. The highest BCUT2D eigenvalue weighted by Gasteiger charge is 2.20. The molecule has 0 saturated heterocycles. The van der Waals surface area contributed by atoms with Gasteiger partial charge in [-0.3, -0.25) is 0 Å². The van der Waals surface area contributed by atoms with E-state index < -0.39 is 26.8 Å². The maximum atomic E-state index is 13.4. The van der Waals surface area contributed by atoms with Gasteiger partial charge < -0.3 is 16.2 Å². The molecule has 94 valence electrons. The summed E-state index contributed by atoms with van der Waals surface area (Å²) in [4.78, 5) is 9.94. The normalized spacial score (nSPS) is 10.9. The van der Waals surface area contributed by atoms with Gasteiger partial charge in [-0.15, -0.1) is 0 Å². The van der Waals surface area contributed by atoms with Crippen molar-refractivity contribution in [3.8, 4) is 5.75 Å². The second-order valence-corrected chi connectivity index (χ2v) is 4.68. The van der Waals surface area contributed by atoms with Crippen molar-refractivity contribution in [1.82, 2.24) is 4.72 Å². The lowest BCUT2D eigenvalue weighted by Gasteiger charge is -2.09. The van der Waals surface area contributed by atoms with Crippen LogP contribution in [0.3, 0.4) is 0 Å². The number of hydrogen-bond acceptors (Lipinski definition) is 5. The first kappa shape index (κ1) is 13.0. The molecule has 17 heavy (non-hydrogen) atoms. The van der Waals surface area contributed by atoms with Crippen molar-refractivity contribution in [1.29, 1.82) is 0 Å². The van der Waals surface area contributed by atoms with Crippen LogP contribution in [0.15, 0.2) is 17.0 Å². The van der Waals surface area contributed by atoms with Crippen LogP contribution in [0.5, 0.6) is 5.75 Å². The fourth-order valence-electron chi connectivity index (χ4n) is 1.15. The van der Waals surface area contributed by atoms with Crippen molar-refractivity contribution < 1.29 is 22.3 Å². The van der Waals surface area contributed by atoms with E-state index in [1.165, 1.54) is 11.8 Å². The molecule has 0 radical (unpaired) electrons. The van der Waals surface area contributed by atoms with Gasteiger partial charge in [0.15, 0.2) is 11.6 Å². The van der Waals surface area contributed by atoms with Gasteiger partial charge in [-0.25, -0.2) is 22.3 Å². The van der Waals surface area contributed by atoms with E-state index >= 15 is 0 Å². The molecule has 0 heterocycles. The molecule has 9 heteroatoms. The van der Waals surface area contributed by atoms with Gasteiger partial charge in [0.1, 0.15) is 0 Å². The highest BCUT2D eigenvalue weighted by atomic mass is 32.2. The molecule has 1 rings (SSSR count). The summed E-state index contributed by atoms with van der Waals surface area (Å²) in [7, 11) is -3.04. The number of amides is 2. The molecule has 1 aromatic rings. The number of halogens is 1. The Morgan fingerprint density at radius 2 is 2.06 bits per heavy atom. The van der Waals surface area contributed by atoms with Crippen LogP contribution in [-0.4, -0.2) is 21.6 Å². The third-order valence-electron chi connectivity index (χ3n) is 1.80. The number of hydrogen-bond donors (Lipinski definition) is 3. The molecule has 0 spiro atoms. The Bertz CT molecular complexity index is 535. The first-order chi connectivity index (χ1) is 7.77. The Balaban J connectivity index is 3.30. The lowest BCUT2D eigenvalue weighted by atomic mass is 10.3. The first-order valence-corrected chi connectivity index (χ1v) is 5.71. The van der Waals surface area contributed by atoms with E-state index in [0.717, 1.165) is 6.07 Å². The van der Waals surface area contributed by atoms with E-state index in [4.69, 9.17) is 5.73 Å². The fourth-order valence-corrected chi connectivity index (χ4v) is 2.07. The topological polar surface area (TPSA) is 125 Å². The molecule has 0 aliphatic rings. The maximum Gasteiger partial charge on any atom is 0.326 e. The van der Waals surface area contributed by atoms with Crippen LogP contribution < -0.4 is 20.9 Å². The standard InChI is InChI=1S/C8H10FN3O4S/c1-16-7-5(9)2-4(3-6(7)10)17(14,15)12-8(11)13/h2-3H,10H2,1H3,(H3,11,12,13). The van der Waals surface area contributed by atoms with E-state index in [1.54, 1.807) is 0 Å². The van der Waals surface area contributed by atoms with E-state index in [9.17, 15) is 17.6 Å². The van der Waals surface area contributed by atoms with Crippen molar-refractivity contribution in [2.75, 3.05) is 12.8 Å². The number of benzene rings is 1. The number of anilines is 1. The van der Waals surface area contributed by atoms with Crippen LogP contribution >= 0.6 is 0 Å². The SMILES string of the molecule is COc1c(N)cc(S(=O)(=O)NC(N)=O)cc1F. The number of carbonyl (C=O) groups is 1. The second-order valence-electron chi connectivity index (χ2n) is 3.00. The Labute approximate surface area is 96.6 Å². The number of urea groups is 1. The van der Waals surface area contributed by atoms with Crippen molar-refractivity contribution in [3.63, 3.8) is 0 Å². The molecule has 0 bridgehead atoms. The van der Waals surface area contributed by atoms with Gasteiger partial charge in [-0.2, -0.15) is 0 Å².